The maximum absolute atomic E-state index is 14.0. The Balaban J connectivity index is 1.98. The van der Waals surface area contributed by atoms with Crippen LogP contribution in [0.5, 0.6) is 0 Å². The van der Waals surface area contributed by atoms with Crippen molar-refractivity contribution in [2.45, 2.75) is 6.92 Å². The summed E-state index contributed by atoms with van der Waals surface area (Å²) in [4.78, 5) is 27.3. The predicted molar refractivity (Wildman–Crippen MR) is 114 cm³/mol. The summed E-state index contributed by atoms with van der Waals surface area (Å²) in [7, 11) is 1.40. The van der Waals surface area contributed by atoms with Crippen LogP contribution in [0, 0.1) is 5.82 Å². The van der Waals surface area contributed by atoms with Gasteiger partial charge in [0.05, 0.1) is 12.4 Å². The number of allylic oxidation sites excluding steroid dienone is 3. The van der Waals surface area contributed by atoms with Crippen LogP contribution >= 0.6 is 0 Å². The summed E-state index contributed by atoms with van der Waals surface area (Å²) in [5.74, 6) is -2.06. The van der Waals surface area contributed by atoms with Gasteiger partial charge in [-0.15, -0.1) is 0 Å². The van der Waals surface area contributed by atoms with E-state index in [2.05, 4.69) is 10.1 Å². The van der Waals surface area contributed by atoms with Crippen molar-refractivity contribution in [3.63, 3.8) is 0 Å². The number of hydroxylamine groups is 1. The van der Waals surface area contributed by atoms with Gasteiger partial charge in [0.25, 0.3) is 11.8 Å². The highest BCUT2D eigenvalue weighted by Crippen LogP contribution is 2.15. The fourth-order valence-corrected chi connectivity index (χ4v) is 2.35. The fraction of sp³-hybridized carbons (Fsp3) is 0.0909. The minimum atomic E-state index is -0.831. The largest absolute Gasteiger partial charge is 0.288 e. The summed E-state index contributed by atoms with van der Waals surface area (Å²) in [6.45, 7) is 1.91. The molecule has 8 heteroatoms. The standard InChI is InChI=1S/C22H21FN4O3/c1-3-16(17-7-5-4-6-8-17)11-12-24-15-21(28)27(2)25-14-19-10-9-18(13-20(19)23)22(29)26-30/h3-15,30H,1-2H3,(H,26,29)/b12-11-,16-3+,24-15?,25-14+. The number of halogens is 1. The molecular weight excluding hydrogens is 387 g/mol. The number of hydrogen-bond acceptors (Lipinski definition) is 5. The minimum Gasteiger partial charge on any atom is -0.288 e. The van der Waals surface area contributed by atoms with Gasteiger partial charge in [-0.1, -0.05) is 36.4 Å². The van der Waals surface area contributed by atoms with Gasteiger partial charge in [0.2, 0.25) is 0 Å². The zero-order valence-corrected chi connectivity index (χ0v) is 16.5. The molecule has 0 aliphatic heterocycles. The molecule has 2 N–H and O–H groups in total. The second kappa shape index (κ2) is 11.2. The van der Waals surface area contributed by atoms with Crippen LogP contribution in [0.4, 0.5) is 4.39 Å². The van der Waals surface area contributed by atoms with Crippen LogP contribution in [0.1, 0.15) is 28.4 Å². The lowest BCUT2D eigenvalue weighted by Crippen LogP contribution is -2.22. The van der Waals surface area contributed by atoms with Crippen LogP contribution in [0.3, 0.4) is 0 Å². The summed E-state index contributed by atoms with van der Waals surface area (Å²) in [6, 6.07) is 13.3. The number of hydrazone groups is 1. The first kappa shape index (κ1) is 22.4. The molecule has 30 heavy (non-hydrogen) atoms. The number of nitrogens with zero attached hydrogens (tertiary/aromatic N) is 3. The van der Waals surface area contributed by atoms with E-state index in [1.807, 2.05) is 43.3 Å². The summed E-state index contributed by atoms with van der Waals surface area (Å²) in [5, 5.41) is 13.4. The maximum atomic E-state index is 14.0. The molecule has 2 rings (SSSR count). The SMILES string of the molecule is C/C=C(\C=C/N=CC(=O)N(C)/N=C/c1ccc(C(=O)NO)cc1F)c1ccccc1. The molecule has 2 amide bonds. The molecule has 0 spiro atoms. The molecule has 2 aromatic carbocycles. The molecule has 0 aliphatic rings. The smallest absolute Gasteiger partial charge is 0.284 e. The molecule has 7 nitrogen and oxygen atoms in total. The van der Waals surface area contributed by atoms with Crippen molar-refractivity contribution in [3.05, 3.63) is 89.4 Å². The van der Waals surface area contributed by atoms with Crippen LogP contribution in [0.25, 0.3) is 5.57 Å². The van der Waals surface area contributed by atoms with Crippen molar-refractivity contribution in [3.8, 4) is 0 Å². The Morgan fingerprint density at radius 1 is 1.13 bits per heavy atom. The van der Waals surface area contributed by atoms with Crippen molar-refractivity contribution in [1.29, 1.82) is 0 Å². The number of hydrogen-bond donors (Lipinski definition) is 2. The third-order valence-corrected chi connectivity index (χ3v) is 4.00. The Labute approximate surface area is 173 Å². The Morgan fingerprint density at radius 3 is 2.50 bits per heavy atom. The summed E-state index contributed by atoms with van der Waals surface area (Å²) in [5.41, 5.74) is 3.43. The third-order valence-electron chi connectivity index (χ3n) is 4.00. The van der Waals surface area contributed by atoms with Crippen molar-refractivity contribution in [1.82, 2.24) is 10.5 Å². The molecule has 2 aromatic rings. The summed E-state index contributed by atoms with van der Waals surface area (Å²) < 4.78 is 14.0. The van der Waals surface area contributed by atoms with Crippen LogP contribution in [-0.2, 0) is 4.79 Å². The van der Waals surface area contributed by atoms with Gasteiger partial charge in [0.15, 0.2) is 0 Å². The molecule has 0 saturated heterocycles. The molecule has 0 heterocycles. The number of carbonyl (C=O) groups excluding carboxylic acids is 2. The van der Waals surface area contributed by atoms with E-state index in [0.29, 0.717) is 0 Å². The van der Waals surface area contributed by atoms with Gasteiger partial charge in [0.1, 0.15) is 5.82 Å². The lowest BCUT2D eigenvalue weighted by Gasteiger charge is -2.07. The predicted octanol–water partition coefficient (Wildman–Crippen LogP) is 3.43. The highest BCUT2D eigenvalue weighted by atomic mass is 19.1. The Kier molecular flexibility index (Phi) is 8.34. The number of carbonyl (C=O) groups is 2. The number of rotatable bonds is 7. The molecule has 0 atom stereocenters. The van der Waals surface area contributed by atoms with E-state index >= 15 is 0 Å². The number of nitrogens with one attached hydrogen (secondary N) is 1. The Morgan fingerprint density at radius 2 is 1.87 bits per heavy atom. The molecule has 0 unspecified atom stereocenters. The monoisotopic (exact) mass is 408 g/mol. The van der Waals surface area contributed by atoms with Gasteiger partial charge in [-0.3, -0.25) is 19.8 Å². The van der Waals surface area contributed by atoms with E-state index in [9.17, 15) is 14.0 Å². The van der Waals surface area contributed by atoms with E-state index < -0.39 is 17.6 Å². The molecule has 154 valence electrons. The second-order valence-corrected chi connectivity index (χ2v) is 5.99. The maximum Gasteiger partial charge on any atom is 0.284 e. The topological polar surface area (TPSA) is 94.4 Å². The average Bonchev–Trinajstić information content (AvgIpc) is 2.77. The highest BCUT2D eigenvalue weighted by molar-refractivity contribution is 6.26. The zero-order valence-electron chi connectivity index (χ0n) is 16.5. The number of aliphatic imine (C=N–C) groups is 1. The number of amides is 2. The molecule has 0 saturated carbocycles. The van der Waals surface area contributed by atoms with E-state index in [-0.39, 0.29) is 11.1 Å². The fourth-order valence-electron chi connectivity index (χ4n) is 2.35. The molecule has 0 fully saturated rings. The lowest BCUT2D eigenvalue weighted by atomic mass is 10.1. The molecule has 0 aliphatic carbocycles. The van der Waals surface area contributed by atoms with Gasteiger partial charge in [-0.05, 0) is 42.3 Å². The Hall–Kier alpha value is -3.91. The van der Waals surface area contributed by atoms with Crippen molar-refractivity contribution < 1.29 is 19.2 Å². The first-order chi connectivity index (χ1) is 14.5. The first-order valence-corrected chi connectivity index (χ1v) is 8.93. The van der Waals surface area contributed by atoms with E-state index in [1.54, 1.807) is 6.08 Å². The molecule has 0 aromatic heterocycles. The first-order valence-electron chi connectivity index (χ1n) is 8.93. The normalized spacial score (nSPS) is 12.1. The molecule has 0 radical (unpaired) electrons. The van der Waals surface area contributed by atoms with Gasteiger partial charge in [-0.25, -0.2) is 14.9 Å². The van der Waals surface area contributed by atoms with E-state index in [0.717, 1.165) is 34.6 Å². The zero-order chi connectivity index (χ0) is 21.9. The van der Waals surface area contributed by atoms with Crippen molar-refractivity contribution in [2.24, 2.45) is 10.1 Å². The van der Waals surface area contributed by atoms with Crippen LogP contribution in [-0.4, -0.2) is 41.5 Å². The van der Waals surface area contributed by atoms with Crippen LogP contribution < -0.4 is 5.48 Å². The second-order valence-electron chi connectivity index (χ2n) is 5.99. The van der Waals surface area contributed by atoms with E-state index in [1.165, 1.54) is 30.9 Å². The average molecular weight is 408 g/mol. The number of benzene rings is 2. The van der Waals surface area contributed by atoms with Crippen molar-refractivity contribution >= 4 is 29.8 Å². The van der Waals surface area contributed by atoms with Crippen LogP contribution in [0.2, 0.25) is 0 Å². The van der Waals surface area contributed by atoms with Gasteiger partial charge < -0.3 is 0 Å². The summed E-state index contributed by atoms with van der Waals surface area (Å²) >= 11 is 0. The highest BCUT2D eigenvalue weighted by Gasteiger charge is 2.08. The van der Waals surface area contributed by atoms with Crippen LogP contribution in [0.15, 0.2) is 77.0 Å². The molecule has 0 bridgehead atoms. The Bertz CT molecular complexity index is 1010. The third kappa shape index (κ3) is 6.32. The summed E-state index contributed by atoms with van der Waals surface area (Å²) in [6.07, 6.45) is 7.45. The van der Waals surface area contributed by atoms with Gasteiger partial charge >= 0.3 is 0 Å². The quantitative estimate of drug-likeness (QED) is 0.318. The van der Waals surface area contributed by atoms with Crippen molar-refractivity contribution in [2.75, 3.05) is 7.05 Å². The van der Waals surface area contributed by atoms with E-state index in [4.69, 9.17) is 5.21 Å². The molecular formula is C22H21FN4O3. The van der Waals surface area contributed by atoms with Gasteiger partial charge in [-0.2, -0.15) is 5.10 Å². The minimum absolute atomic E-state index is 0.0495. The lowest BCUT2D eigenvalue weighted by molar-refractivity contribution is -0.122. The van der Waals surface area contributed by atoms with Gasteiger partial charge in [0, 0.05) is 24.4 Å².